The van der Waals surface area contributed by atoms with E-state index in [1.165, 1.54) is 12.1 Å². The van der Waals surface area contributed by atoms with Crippen LogP contribution in [0.5, 0.6) is 0 Å². The number of halogens is 1. The Morgan fingerprint density at radius 2 is 1.86 bits per heavy atom. The van der Waals surface area contributed by atoms with Crippen molar-refractivity contribution in [3.8, 4) is 0 Å². The minimum atomic E-state index is -0.545. The molecule has 1 atom stereocenters. The Kier molecular flexibility index (Phi) is 4.96. The molecule has 1 aromatic carbocycles. The van der Waals surface area contributed by atoms with Crippen molar-refractivity contribution < 1.29 is 9.18 Å². The third kappa shape index (κ3) is 3.80. The molecule has 0 aliphatic carbocycles. The minimum absolute atomic E-state index is 0.00113. The molecule has 4 nitrogen and oxygen atoms in total. The van der Waals surface area contributed by atoms with Crippen molar-refractivity contribution >= 4 is 5.91 Å². The Balaban J connectivity index is 2.00. The second-order valence-corrected chi connectivity index (χ2v) is 6.04. The molecule has 1 saturated heterocycles. The molecule has 1 aromatic rings. The molecule has 0 saturated carbocycles. The number of nitrogens with zero attached hydrogens (tertiary/aromatic N) is 1. The Labute approximate surface area is 125 Å². The topological polar surface area (TPSA) is 44.4 Å². The van der Waals surface area contributed by atoms with Crippen LogP contribution in [-0.4, -0.2) is 42.5 Å². The van der Waals surface area contributed by atoms with Gasteiger partial charge in [-0.2, -0.15) is 0 Å². The van der Waals surface area contributed by atoms with Gasteiger partial charge < -0.3 is 10.6 Å². The molecule has 1 aliphatic heterocycles. The maximum atomic E-state index is 12.9. The van der Waals surface area contributed by atoms with Crippen molar-refractivity contribution in [2.45, 2.75) is 32.4 Å². The smallest absolute Gasteiger partial charge is 0.240 e. The maximum Gasteiger partial charge on any atom is 0.240 e. The van der Waals surface area contributed by atoms with E-state index in [2.05, 4.69) is 15.5 Å². The number of hydrogen-bond donors (Lipinski definition) is 2. The van der Waals surface area contributed by atoms with Crippen molar-refractivity contribution in [1.82, 2.24) is 15.5 Å². The zero-order chi connectivity index (χ0) is 15.5. The third-order valence-corrected chi connectivity index (χ3v) is 4.18. The summed E-state index contributed by atoms with van der Waals surface area (Å²) in [6, 6.07) is 6.11. The van der Waals surface area contributed by atoms with Gasteiger partial charge in [-0.15, -0.1) is 0 Å². The van der Waals surface area contributed by atoms with Gasteiger partial charge in [-0.1, -0.05) is 12.1 Å². The van der Waals surface area contributed by atoms with Crippen LogP contribution in [0.4, 0.5) is 4.39 Å². The summed E-state index contributed by atoms with van der Waals surface area (Å²) in [6.45, 7) is 9.36. The van der Waals surface area contributed by atoms with Crippen LogP contribution in [0, 0.1) is 5.82 Å². The van der Waals surface area contributed by atoms with Crippen LogP contribution < -0.4 is 10.6 Å². The molecule has 0 spiro atoms. The number of piperazine rings is 1. The first-order valence-corrected chi connectivity index (χ1v) is 7.43. The van der Waals surface area contributed by atoms with Crippen LogP contribution in [0.25, 0.3) is 0 Å². The van der Waals surface area contributed by atoms with Crippen LogP contribution >= 0.6 is 0 Å². The van der Waals surface area contributed by atoms with Crippen molar-refractivity contribution in [2.75, 3.05) is 26.2 Å². The molecular weight excluding hydrogens is 269 g/mol. The van der Waals surface area contributed by atoms with Gasteiger partial charge in [-0.25, -0.2) is 4.39 Å². The fourth-order valence-corrected chi connectivity index (χ4v) is 2.58. The average Bonchev–Trinajstić information content (AvgIpc) is 2.48. The number of rotatable bonds is 4. The molecule has 0 radical (unpaired) electrons. The molecule has 21 heavy (non-hydrogen) atoms. The van der Waals surface area contributed by atoms with Crippen molar-refractivity contribution in [3.63, 3.8) is 0 Å². The van der Waals surface area contributed by atoms with E-state index in [-0.39, 0.29) is 17.8 Å². The van der Waals surface area contributed by atoms with E-state index in [1.54, 1.807) is 12.1 Å². The zero-order valence-electron chi connectivity index (χ0n) is 12.9. The first kappa shape index (κ1) is 15.9. The lowest BCUT2D eigenvalue weighted by Crippen LogP contribution is -2.60. The second-order valence-electron chi connectivity index (χ2n) is 6.04. The van der Waals surface area contributed by atoms with Gasteiger partial charge in [0.05, 0.1) is 11.6 Å². The molecule has 1 amide bonds. The van der Waals surface area contributed by atoms with Gasteiger partial charge in [0.2, 0.25) is 5.91 Å². The SMILES string of the molecule is CC(NC(=O)C(C)(C)N1CCNCC1)c1ccc(F)cc1. The number of carbonyl (C=O) groups excluding carboxylic acids is 1. The van der Waals surface area contributed by atoms with Crippen LogP contribution in [0.15, 0.2) is 24.3 Å². The number of hydrogen-bond acceptors (Lipinski definition) is 3. The molecule has 1 unspecified atom stereocenters. The van der Waals surface area contributed by atoms with Gasteiger partial charge in [-0.05, 0) is 38.5 Å². The van der Waals surface area contributed by atoms with E-state index in [4.69, 9.17) is 0 Å². The number of carbonyl (C=O) groups is 1. The fourth-order valence-electron chi connectivity index (χ4n) is 2.58. The monoisotopic (exact) mass is 293 g/mol. The third-order valence-electron chi connectivity index (χ3n) is 4.18. The standard InChI is InChI=1S/C16H24FN3O/c1-12(13-4-6-14(17)7-5-13)19-15(21)16(2,3)20-10-8-18-9-11-20/h4-7,12,18H,8-11H2,1-3H3,(H,19,21). The lowest BCUT2D eigenvalue weighted by Gasteiger charge is -2.40. The molecule has 0 bridgehead atoms. The zero-order valence-corrected chi connectivity index (χ0v) is 12.9. The summed E-state index contributed by atoms with van der Waals surface area (Å²) < 4.78 is 12.9. The first-order chi connectivity index (χ1) is 9.91. The van der Waals surface area contributed by atoms with E-state index in [1.807, 2.05) is 20.8 Å². The largest absolute Gasteiger partial charge is 0.348 e. The van der Waals surface area contributed by atoms with Gasteiger partial charge in [0, 0.05) is 26.2 Å². The normalized spacial score (nSPS) is 18.3. The molecule has 1 heterocycles. The molecule has 2 rings (SSSR count). The molecule has 116 valence electrons. The highest BCUT2D eigenvalue weighted by molar-refractivity contribution is 5.85. The summed E-state index contributed by atoms with van der Waals surface area (Å²) >= 11 is 0. The summed E-state index contributed by atoms with van der Waals surface area (Å²) in [6.07, 6.45) is 0. The van der Waals surface area contributed by atoms with E-state index < -0.39 is 5.54 Å². The number of amides is 1. The Morgan fingerprint density at radius 1 is 1.29 bits per heavy atom. The minimum Gasteiger partial charge on any atom is -0.348 e. The molecule has 1 aliphatic rings. The fraction of sp³-hybridized carbons (Fsp3) is 0.562. The summed E-state index contributed by atoms with van der Waals surface area (Å²) in [5, 5.41) is 6.32. The highest BCUT2D eigenvalue weighted by atomic mass is 19.1. The van der Waals surface area contributed by atoms with Crippen LogP contribution in [-0.2, 0) is 4.79 Å². The van der Waals surface area contributed by atoms with Crippen LogP contribution in [0.1, 0.15) is 32.4 Å². The van der Waals surface area contributed by atoms with Gasteiger partial charge in [-0.3, -0.25) is 9.69 Å². The summed E-state index contributed by atoms with van der Waals surface area (Å²) in [5.74, 6) is -0.264. The highest BCUT2D eigenvalue weighted by Gasteiger charge is 2.35. The van der Waals surface area contributed by atoms with Gasteiger partial charge >= 0.3 is 0 Å². The van der Waals surface area contributed by atoms with Gasteiger partial charge in [0.25, 0.3) is 0 Å². The highest BCUT2D eigenvalue weighted by Crippen LogP contribution is 2.19. The van der Waals surface area contributed by atoms with Crippen LogP contribution in [0.3, 0.4) is 0 Å². The number of benzene rings is 1. The number of nitrogens with one attached hydrogen (secondary N) is 2. The van der Waals surface area contributed by atoms with Crippen LogP contribution in [0.2, 0.25) is 0 Å². The van der Waals surface area contributed by atoms with E-state index in [0.29, 0.717) is 0 Å². The Morgan fingerprint density at radius 3 is 2.43 bits per heavy atom. The maximum absolute atomic E-state index is 12.9. The first-order valence-electron chi connectivity index (χ1n) is 7.43. The Hall–Kier alpha value is -1.46. The van der Waals surface area contributed by atoms with E-state index in [0.717, 1.165) is 31.7 Å². The molecule has 0 aromatic heterocycles. The molecule has 5 heteroatoms. The Bertz CT molecular complexity index is 481. The molecule has 1 fully saturated rings. The molecular formula is C16H24FN3O. The second kappa shape index (κ2) is 6.54. The lowest BCUT2D eigenvalue weighted by atomic mass is 9.99. The predicted octanol–water partition coefficient (Wildman–Crippen LogP) is 1.69. The average molecular weight is 293 g/mol. The predicted molar refractivity (Wildman–Crippen MR) is 81.5 cm³/mol. The molecule has 2 N–H and O–H groups in total. The van der Waals surface area contributed by atoms with Gasteiger partial charge in [0.15, 0.2) is 0 Å². The summed E-state index contributed by atoms with van der Waals surface area (Å²) in [7, 11) is 0. The van der Waals surface area contributed by atoms with Gasteiger partial charge in [0.1, 0.15) is 5.82 Å². The van der Waals surface area contributed by atoms with E-state index >= 15 is 0 Å². The summed E-state index contributed by atoms with van der Waals surface area (Å²) in [5.41, 5.74) is 0.358. The van der Waals surface area contributed by atoms with Crippen molar-refractivity contribution in [2.24, 2.45) is 0 Å². The van der Waals surface area contributed by atoms with E-state index in [9.17, 15) is 9.18 Å². The summed E-state index contributed by atoms with van der Waals surface area (Å²) in [4.78, 5) is 14.8. The lowest BCUT2D eigenvalue weighted by molar-refractivity contribution is -0.132. The van der Waals surface area contributed by atoms with Crippen molar-refractivity contribution in [3.05, 3.63) is 35.6 Å². The van der Waals surface area contributed by atoms with Crippen molar-refractivity contribution in [1.29, 1.82) is 0 Å². The quantitative estimate of drug-likeness (QED) is 0.888.